The average molecular weight is 341 g/mol. The lowest BCUT2D eigenvalue weighted by molar-refractivity contribution is 0.102. The maximum absolute atomic E-state index is 12.7. The smallest absolute Gasteiger partial charge is 0.123 e. The second-order valence-corrected chi connectivity index (χ2v) is 4.71. The molecule has 1 aliphatic heterocycles. The lowest BCUT2D eigenvalue weighted by Crippen LogP contribution is -2.48. The molecular formula is C14H23Cl2FN2O2. The number of halogens is 3. The largest absolute Gasteiger partial charge is 0.492 e. The summed E-state index contributed by atoms with van der Waals surface area (Å²) in [7, 11) is 0. The van der Waals surface area contributed by atoms with Gasteiger partial charge in [-0.2, -0.15) is 0 Å². The molecule has 1 fully saturated rings. The van der Waals surface area contributed by atoms with Crippen molar-refractivity contribution in [2.75, 3.05) is 52.5 Å². The highest BCUT2D eigenvalue weighted by Crippen LogP contribution is 2.11. The Morgan fingerprint density at radius 2 is 1.48 bits per heavy atom. The number of ether oxygens (including phenoxy) is 1. The number of rotatable bonds is 6. The fraction of sp³-hybridized carbons (Fsp3) is 0.571. The number of benzene rings is 1. The predicted molar refractivity (Wildman–Crippen MR) is 86.4 cm³/mol. The normalized spacial score (nSPS) is 15.9. The van der Waals surface area contributed by atoms with Crippen LogP contribution in [-0.2, 0) is 0 Å². The third-order valence-electron chi connectivity index (χ3n) is 3.37. The molecule has 0 bridgehead atoms. The van der Waals surface area contributed by atoms with E-state index < -0.39 is 0 Å². The van der Waals surface area contributed by atoms with Crippen LogP contribution in [0, 0.1) is 5.82 Å². The molecule has 7 heteroatoms. The number of aliphatic hydroxyl groups is 1. The third-order valence-corrected chi connectivity index (χ3v) is 3.37. The van der Waals surface area contributed by atoms with Crippen molar-refractivity contribution in [2.45, 2.75) is 0 Å². The molecule has 2 rings (SSSR count). The van der Waals surface area contributed by atoms with Crippen molar-refractivity contribution in [3.63, 3.8) is 0 Å². The Morgan fingerprint density at radius 1 is 0.952 bits per heavy atom. The maximum Gasteiger partial charge on any atom is 0.123 e. The van der Waals surface area contributed by atoms with Gasteiger partial charge in [-0.05, 0) is 24.3 Å². The van der Waals surface area contributed by atoms with Gasteiger partial charge in [-0.15, -0.1) is 24.8 Å². The molecule has 0 saturated carbocycles. The van der Waals surface area contributed by atoms with Gasteiger partial charge >= 0.3 is 0 Å². The second-order valence-electron chi connectivity index (χ2n) is 4.71. The van der Waals surface area contributed by atoms with E-state index in [1.165, 1.54) is 12.1 Å². The zero-order chi connectivity index (χ0) is 13.5. The molecule has 0 spiro atoms. The van der Waals surface area contributed by atoms with Gasteiger partial charge in [-0.1, -0.05) is 0 Å². The van der Waals surface area contributed by atoms with Crippen molar-refractivity contribution >= 4 is 24.8 Å². The van der Waals surface area contributed by atoms with E-state index in [9.17, 15) is 4.39 Å². The summed E-state index contributed by atoms with van der Waals surface area (Å²) in [5.41, 5.74) is 0. The minimum atomic E-state index is -0.243. The van der Waals surface area contributed by atoms with Gasteiger partial charge < -0.3 is 9.84 Å². The molecule has 1 aliphatic rings. The first-order valence-electron chi connectivity index (χ1n) is 6.72. The molecule has 4 nitrogen and oxygen atoms in total. The van der Waals surface area contributed by atoms with Crippen LogP contribution < -0.4 is 4.74 Å². The standard InChI is InChI=1S/C14H21FN2O2.2ClH/c15-13-1-3-14(4-2-13)19-12-10-17-7-5-16(6-8-17)9-11-18;;/h1-4,18H,5-12H2;2*1H. The Morgan fingerprint density at radius 3 is 2.00 bits per heavy atom. The van der Waals surface area contributed by atoms with E-state index in [-0.39, 0.29) is 37.2 Å². The summed E-state index contributed by atoms with van der Waals surface area (Å²) >= 11 is 0. The second kappa shape index (κ2) is 11.0. The van der Waals surface area contributed by atoms with Gasteiger partial charge in [0.25, 0.3) is 0 Å². The van der Waals surface area contributed by atoms with Gasteiger partial charge in [-0.3, -0.25) is 9.80 Å². The molecule has 122 valence electrons. The maximum atomic E-state index is 12.7. The summed E-state index contributed by atoms with van der Waals surface area (Å²) < 4.78 is 18.3. The Labute approximate surface area is 137 Å². The first-order valence-corrected chi connectivity index (χ1v) is 6.72. The Hall–Kier alpha value is -0.590. The molecule has 0 unspecified atom stereocenters. The molecule has 1 aromatic carbocycles. The molecule has 1 N–H and O–H groups in total. The van der Waals surface area contributed by atoms with Crippen LogP contribution in [0.4, 0.5) is 4.39 Å². The molecule has 1 heterocycles. The fourth-order valence-electron chi connectivity index (χ4n) is 2.20. The Bertz CT molecular complexity index is 374. The van der Waals surface area contributed by atoms with Gasteiger partial charge in [0.05, 0.1) is 6.61 Å². The van der Waals surface area contributed by atoms with Crippen LogP contribution >= 0.6 is 24.8 Å². The number of hydrogen-bond donors (Lipinski definition) is 1. The van der Waals surface area contributed by atoms with Crippen LogP contribution in [0.15, 0.2) is 24.3 Å². The van der Waals surface area contributed by atoms with Gasteiger partial charge in [0.1, 0.15) is 18.2 Å². The van der Waals surface area contributed by atoms with Gasteiger partial charge in [0, 0.05) is 39.3 Å². The predicted octanol–water partition coefficient (Wildman–Crippen LogP) is 1.66. The van der Waals surface area contributed by atoms with E-state index in [1.54, 1.807) is 12.1 Å². The highest BCUT2D eigenvalue weighted by Gasteiger charge is 2.15. The molecule has 21 heavy (non-hydrogen) atoms. The minimum Gasteiger partial charge on any atom is -0.492 e. The van der Waals surface area contributed by atoms with Crippen LogP contribution in [0.1, 0.15) is 0 Å². The zero-order valence-electron chi connectivity index (χ0n) is 11.9. The van der Waals surface area contributed by atoms with Crippen molar-refractivity contribution in [1.29, 1.82) is 0 Å². The highest BCUT2D eigenvalue weighted by molar-refractivity contribution is 5.85. The van der Waals surface area contributed by atoms with Crippen molar-refractivity contribution < 1.29 is 14.2 Å². The fourth-order valence-corrected chi connectivity index (χ4v) is 2.20. The minimum absolute atomic E-state index is 0. The van der Waals surface area contributed by atoms with Crippen LogP contribution in [0.25, 0.3) is 0 Å². The summed E-state index contributed by atoms with van der Waals surface area (Å²) in [5.74, 6) is 0.465. The molecule has 0 aromatic heterocycles. The van der Waals surface area contributed by atoms with Crippen LogP contribution in [0.2, 0.25) is 0 Å². The topological polar surface area (TPSA) is 35.9 Å². The van der Waals surface area contributed by atoms with Gasteiger partial charge in [0.15, 0.2) is 0 Å². The molecule has 0 aliphatic carbocycles. The lowest BCUT2D eigenvalue weighted by Gasteiger charge is -2.34. The summed E-state index contributed by atoms with van der Waals surface area (Å²) in [4.78, 5) is 4.61. The lowest BCUT2D eigenvalue weighted by atomic mass is 10.3. The number of β-amino-alcohol motifs (C(OH)–C–C–N with tert-alkyl or cyclic N) is 1. The summed E-state index contributed by atoms with van der Waals surface area (Å²) in [6, 6.07) is 6.11. The molecule has 0 radical (unpaired) electrons. The summed E-state index contributed by atoms with van der Waals surface area (Å²) in [6.45, 7) is 6.50. The quantitative estimate of drug-likeness (QED) is 0.854. The third kappa shape index (κ3) is 7.29. The van der Waals surface area contributed by atoms with E-state index in [1.807, 2.05) is 0 Å². The first-order chi connectivity index (χ1) is 9.28. The van der Waals surface area contributed by atoms with Crippen molar-refractivity contribution in [1.82, 2.24) is 9.80 Å². The van der Waals surface area contributed by atoms with E-state index in [0.717, 1.165) is 39.3 Å². The molecule has 1 aromatic rings. The number of hydrogen-bond acceptors (Lipinski definition) is 4. The summed E-state index contributed by atoms with van der Waals surface area (Å²) in [6.07, 6.45) is 0. The monoisotopic (exact) mass is 340 g/mol. The Balaban J connectivity index is 0.00000200. The van der Waals surface area contributed by atoms with E-state index in [0.29, 0.717) is 12.4 Å². The van der Waals surface area contributed by atoms with Crippen LogP contribution in [0.5, 0.6) is 5.75 Å². The van der Waals surface area contributed by atoms with E-state index in [2.05, 4.69) is 9.80 Å². The SMILES string of the molecule is Cl.Cl.OCCN1CCN(CCOc2ccc(F)cc2)CC1. The van der Waals surface area contributed by atoms with E-state index >= 15 is 0 Å². The molecule has 1 saturated heterocycles. The van der Waals surface area contributed by atoms with Gasteiger partial charge in [-0.25, -0.2) is 4.39 Å². The molecular weight excluding hydrogens is 318 g/mol. The van der Waals surface area contributed by atoms with Crippen molar-refractivity contribution in [3.05, 3.63) is 30.1 Å². The van der Waals surface area contributed by atoms with Gasteiger partial charge in [0.2, 0.25) is 0 Å². The van der Waals surface area contributed by atoms with Crippen molar-refractivity contribution in [3.8, 4) is 5.75 Å². The average Bonchev–Trinajstić information content (AvgIpc) is 2.43. The van der Waals surface area contributed by atoms with E-state index in [4.69, 9.17) is 9.84 Å². The number of nitrogens with zero attached hydrogens (tertiary/aromatic N) is 2. The molecule has 0 amide bonds. The number of aliphatic hydroxyl groups excluding tert-OH is 1. The molecule has 0 atom stereocenters. The zero-order valence-corrected chi connectivity index (χ0v) is 13.5. The summed E-state index contributed by atoms with van der Waals surface area (Å²) in [5, 5.41) is 8.87. The van der Waals surface area contributed by atoms with Crippen LogP contribution in [-0.4, -0.2) is 67.4 Å². The Kier molecular flexibility index (Phi) is 10.7. The number of piperazine rings is 1. The van der Waals surface area contributed by atoms with Crippen molar-refractivity contribution in [2.24, 2.45) is 0 Å². The first kappa shape index (κ1) is 20.4. The van der Waals surface area contributed by atoms with Crippen LogP contribution in [0.3, 0.4) is 0 Å². The highest BCUT2D eigenvalue weighted by atomic mass is 35.5.